The lowest BCUT2D eigenvalue weighted by Crippen LogP contribution is -2.10. The van der Waals surface area contributed by atoms with Gasteiger partial charge in [-0.05, 0) is 42.2 Å². The monoisotopic (exact) mass is 389 g/mol. The number of aryl methyl sites for hydroxylation is 2. The second-order valence-electron chi connectivity index (χ2n) is 6.80. The number of hydrogen-bond acceptors (Lipinski definition) is 1. The Labute approximate surface area is 168 Å². The number of rotatable bonds is 6. The fraction of sp³-hybridized carbons (Fsp3) is 0.125. The van der Waals surface area contributed by atoms with Crippen molar-refractivity contribution in [2.45, 2.75) is 19.4 Å². The molecule has 0 atom stereocenters. The van der Waals surface area contributed by atoms with Gasteiger partial charge in [-0.25, -0.2) is 4.79 Å². The van der Waals surface area contributed by atoms with E-state index in [2.05, 4.69) is 12.1 Å². The zero-order valence-corrected chi connectivity index (χ0v) is 16.1. The van der Waals surface area contributed by atoms with Crippen molar-refractivity contribution in [1.29, 1.82) is 0 Å². The maximum atomic E-state index is 12.2. The Balaban J connectivity index is 1.81. The second-order valence-corrected chi connectivity index (χ2v) is 7.23. The lowest BCUT2D eigenvalue weighted by atomic mass is 10.0. The molecule has 0 aliphatic rings. The molecule has 0 aliphatic heterocycles. The first kappa shape index (κ1) is 18.3. The van der Waals surface area contributed by atoms with Crippen LogP contribution in [0, 0.1) is 0 Å². The number of nitrogens with zero attached hydrogens (tertiary/aromatic N) is 1. The van der Waals surface area contributed by atoms with E-state index < -0.39 is 5.97 Å². The molecule has 3 aromatic carbocycles. The minimum atomic E-state index is -0.925. The lowest BCUT2D eigenvalue weighted by Gasteiger charge is -2.09. The van der Waals surface area contributed by atoms with Crippen molar-refractivity contribution in [3.63, 3.8) is 0 Å². The topological polar surface area (TPSA) is 42.2 Å². The van der Waals surface area contributed by atoms with Gasteiger partial charge in [-0.1, -0.05) is 72.3 Å². The SMILES string of the molecule is O=C(O)c1c(-c2ccccc2)c2cc(Cl)ccc2n1CCCc1ccccc1. The molecule has 0 unspecified atom stereocenters. The normalized spacial score (nSPS) is 11.0. The van der Waals surface area contributed by atoms with Gasteiger partial charge in [-0.2, -0.15) is 0 Å². The number of aromatic carboxylic acids is 1. The van der Waals surface area contributed by atoms with Crippen LogP contribution in [0.2, 0.25) is 5.02 Å². The highest BCUT2D eigenvalue weighted by Crippen LogP contribution is 2.36. The molecule has 4 heteroatoms. The van der Waals surface area contributed by atoms with Crippen molar-refractivity contribution in [1.82, 2.24) is 4.57 Å². The molecule has 1 N–H and O–H groups in total. The zero-order chi connectivity index (χ0) is 19.5. The van der Waals surface area contributed by atoms with Crippen molar-refractivity contribution < 1.29 is 9.90 Å². The van der Waals surface area contributed by atoms with Crippen molar-refractivity contribution >= 4 is 28.5 Å². The van der Waals surface area contributed by atoms with Gasteiger partial charge in [0.05, 0.1) is 0 Å². The summed E-state index contributed by atoms with van der Waals surface area (Å²) in [6.07, 6.45) is 1.75. The van der Waals surface area contributed by atoms with Crippen LogP contribution < -0.4 is 0 Å². The van der Waals surface area contributed by atoms with Crippen LogP contribution in [-0.2, 0) is 13.0 Å². The van der Waals surface area contributed by atoms with Crippen LogP contribution >= 0.6 is 11.6 Å². The number of fused-ring (bicyclic) bond motifs is 1. The summed E-state index contributed by atoms with van der Waals surface area (Å²) in [6.45, 7) is 0.626. The van der Waals surface area contributed by atoms with Gasteiger partial charge in [-0.15, -0.1) is 0 Å². The van der Waals surface area contributed by atoms with Crippen LogP contribution in [-0.4, -0.2) is 15.6 Å². The highest BCUT2D eigenvalue weighted by atomic mass is 35.5. The summed E-state index contributed by atoms with van der Waals surface area (Å²) in [6, 6.07) is 25.5. The third-order valence-electron chi connectivity index (χ3n) is 4.98. The fourth-order valence-corrected chi connectivity index (χ4v) is 3.94. The summed E-state index contributed by atoms with van der Waals surface area (Å²) in [7, 11) is 0. The van der Waals surface area contributed by atoms with Crippen molar-refractivity contribution in [3.05, 3.63) is 95.1 Å². The average molecular weight is 390 g/mol. The van der Waals surface area contributed by atoms with Crippen molar-refractivity contribution in [3.8, 4) is 11.1 Å². The molecule has 0 spiro atoms. The van der Waals surface area contributed by atoms with E-state index in [0.717, 1.165) is 34.9 Å². The van der Waals surface area contributed by atoms with Gasteiger partial charge in [0.25, 0.3) is 0 Å². The van der Waals surface area contributed by atoms with Crippen LogP contribution in [0.3, 0.4) is 0 Å². The number of carbonyl (C=O) groups is 1. The first-order valence-corrected chi connectivity index (χ1v) is 9.67. The van der Waals surface area contributed by atoms with Gasteiger partial charge >= 0.3 is 5.97 Å². The maximum absolute atomic E-state index is 12.2. The Morgan fingerprint density at radius 1 is 0.929 bits per heavy atom. The molecule has 1 aromatic heterocycles. The molecule has 140 valence electrons. The standard InChI is InChI=1S/C24H20ClNO2/c25-19-13-14-21-20(16-19)22(18-11-5-2-6-12-18)23(24(27)28)26(21)15-7-10-17-8-3-1-4-9-17/h1-6,8-9,11-14,16H,7,10,15H2,(H,27,28). The largest absolute Gasteiger partial charge is 0.477 e. The smallest absolute Gasteiger partial charge is 0.353 e. The molecule has 3 nitrogen and oxygen atoms in total. The molecule has 1 heterocycles. The molecular formula is C24H20ClNO2. The van der Waals surface area contributed by atoms with E-state index in [4.69, 9.17) is 11.6 Å². The summed E-state index contributed by atoms with van der Waals surface area (Å²) < 4.78 is 1.92. The van der Waals surface area contributed by atoms with Gasteiger partial charge in [0, 0.05) is 28.0 Å². The maximum Gasteiger partial charge on any atom is 0.353 e. The van der Waals surface area contributed by atoms with E-state index in [9.17, 15) is 9.90 Å². The van der Waals surface area contributed by atoms with Crippen LogP contribution in [0.5, 0.6) is 0 Å². The Morgan fingerprint density at radius 2 is 1.61 bits per heavy atom. The summed E-state index contributed by atoms with van der Waals surface area (Å²) >= 11 is 6.25. The van der Waals surface area contributed by atoms with E-state index in [1.165, 1.54) is 5.56 Å². The first-order chi connectivity index (χ1) is 13.6. The molecule has 0 bridgehead atoms. The van der Waals surface area contributed by atoms with Gasteiger partial charge in [0.2, 0.25) is 0 Å². The number of carboxylic acids is 1. The van der Waals surface area contributed by atoms with Gasteiger partial charge < -0.3 is 9.67 Å². The minimum Gasteiger partial charge on any atom is -0.477 e. The van der Waals surface area contributed by atoms with E-state index in [1.54, 1.807) is 0 Å². The molecule has 0 saturated heterocycles. The molecule has 4 aromatic rings. The number of carboxylic acid groups (broad SMARTS) is 1. The fourth-order valence-electron chi connectivity index (χ4n) is 3.76. The van der Waals surface area contributed by atoms with Crippen LogP contribution in [0.15, 0.2) is 78.9 Å². The Bertz CT molecular complexity index is 1120. The van der Waals surface area contributed by atoms with E-state index in [-0.39, 0.29) is 0 Å². The molecule has 0 amide bonds. The molecule has 4 rings (SSSR count). The number of hydrogen-bond donors (Lipinski definition) is 1. The average Bonchev–Trinajstić information content (AvgIpc) is 3.03. The molecule has 0 radical (unpaired) electrons. The Morgan fingerprint density at radius 3 is 2.29 bits per heavy atom. The van der Waals surface area contributed by atoms with E-state index >= 15 is 0 Å². The Kier molecular flexibility index (Phi) is 5.18. The number of benzene rings is 3. The molecule has 28 heavy (non-hydrogen) atoms. The summed E-state index contributed by atoms with van der Waals surface area (Å²) in [5.41, 5.74) is 4.08. The van der Waals surface area contributed by atoms with Gasteiger partial charge in [-0.3, -0.25) is 0 Å². The molecule has 0 saturated carbocycles. The molecule has 0 aliphatic carbocycles. The molecular weight excluding hydrogens is 370 g/mol. The van der Waals surface area contributed by atoms with E-state index in [1.807, 2.05) is 71.3 Å². The quantitative estimate of drug-likeness (QED) is 0.421. The summed E-state index contributed by atoms with van der Waals surface area (Å²) in [5, 5.41) is 11.5. The number of halogens is 1. The zero-order valence-electron chi connectivity index (χ0n) is 15.3. The van der Waals surface area contributed by atoms with Crippen LogP contribution in [0.25, 0.3) is 22.0 Å². The molecule has 0 fully saturated rings. The van der Waals surface area contributed by atoms with Crippen molar-refractivity contribution in [2.24, 2.45) is 0 Å². The van der Waals surface area contributed by atoms with E-state index in [0.29, 0.717) is 17.3 Å². The predicted octanol–water partition coefficient (Wildman–Crippen LogP) is 6.29. The summed E-state index contributed by atoms with van der Waals surface area (Å²) in [4.78, 5) is 12.2. The van der Waals surface area contributed by atoms with Gasteiger partial charge in [0.15, 0.2) is 0 Å². The predicted molar refractivity (Wildman–Crippen MR) is 114 cm³/mol. The van der Waals surface area contributed by atoms with Gasteiger partial charge in [0.1, 0.15) is 5.69 Å². The highest BCUT2D eigenvalue weighted by molar-refractivity contribution is 6.31. The second kappa shape index (κ2) is 7.91. The third kappa shape index (κ3) is 3.54. The number of aromatic nitrogens is 1. The highest BCUT2D eigenvalue weighted by Gasteiger charge is 2.23. The Hall–Kier alpha value is -3.04. The minimum absolute atomic E-state index is 0.316. The first-order valence-electron chi connectivity index (χ1n) is 9.29. The third-order valence-corrected chi connectivity index (χ3v) is 5.22. The van der Waals surface area contributed by atoms with Crippen LogP contribution in [0.1, 0.15) is 22.5 Å². The summed E-state index contributed by atoms with van der Waals surface area (Å²) in [5.74, 6) is -0.925. The lowest BCUT2D eigenvalue weighted by molar-refractivity contribution is 0.0686. The van der Waals surface area contributed by atoms with Crippen molar-refractivity contribution in [2.75, 3.05) is 0 Å². The van der Waals surface area contributed by atoms with Crippen LogP contribution in [0.4, 0.5) is 0 Å².